The third kappa shape index (κ3) is 4.50. The number of hydrogen-bond acceptors (Lipinski definition) is 4. The average Bonchev–Trinajstić information content (AvgIpc) is 2.35. The fourth-order valence-electron chi connectivity index (χ4n) is 2.18. The molecule has 0 aromatic carbocycles. The molecular formula is C12H26N2O3S. The van der Waals surface area contributed by atoms with Crippen molar-refractivity contribution in [2.24, 2.45) is 5.92 Å². The highest BCUT2D eigenvalue weighted by atomic mass is 32.2. The molecule has 1 aliphatic rings. The Bertz CT molecular complexity index is 352. The van der Waals surface area contributed by atoms with Gasteiger partial charge in [0.2, 0.25) is 10.0 Å². The molecule has 0 aromatic heterocycles. The molecule has 0 saturated carbocycles. The number of piperidine rings is 1. The van der Waals surface area contributed by atoms with Gasteiger partial charge < -0.3 is 10.4 Å². The van der Waals surface area contributed by atoms with E-state index in [1.807, 2.05) is 13.8 Å². The van der Waals surface area contributed by atoms with E-state index in [0.29, 0.717) is 19.0 Å². The van der Waals surface area contributed by atoms with Crippen LogP contribution in [0.1, 0.15) is 33.1 Å². The first-order chi connectivity index (χ1) is 8.30. The molecule has 2 atom stereocenters. The largest absolute Gasteiger partial charge is 0.394 e. The summed E-state index contributed by atoms with van der Waals surface area (Å²) in [4.78, 5) is 0. The van der Waals surface area contributed by atoms with Crippen LogP contribution in [0, 0.1) is 5.92 Å². The smallest absolute Gasteiger partial charge is 0.211 e. The summed E-state index contributed by atoms with van der Waals surface area (Å²) in [7, 11) is -3.07. The predicted octanol–water partition coefficient (Wildman–Crippen LogP) is 0.409. The van der Waals surface area contributed by atoms with E-state index in [4.69, 9.17) is 0 Å². The first kappa shape index (κ1) is 15.9. The van der Waals surface area contributed by atoms with Crippen molar-refractivity contribution in [3.05, 3.63) is 0 Å². The molecule has 108 valence electrons. The van der Waals surface area contributed by atoms with Crippen LogP contribution in [-0.2, 0) is 10.0 Å². The number of nitrogens with zero attached hydrogens (tertiary/aromatic N) is 1. The predicted molar refractivity (Wildman–Crippen MR) is 72.9 cm³/mol. The Morgan fingerprint density at radius 2 is 2.17 bits per heavy atom. The van der Waals surface area contributed by atoms with E-state index in [-0.39, 0.29) is 12.1 Å². The second kappa shape index (κ2) is 6.32. The Hall–Kier alpha value is -0.170. The van der Waals surface area contributed by atoms with Gasteiger partial charge in [0.25, 0.3) is 0 Å². The summed E-state index contributed by atoms with van der Waals surface area (Å²) in [5, 5.41) is 12.7. The molecule has 2 N–H and O–H groups in total. The summed E-state index contributed by atoms with van der Waals surface area (Å²) in [5.41, 5.74) is -0.257. The topological polar surface area (TPSA) is 69.6 Å². The van der Waals surface area contributed by atoms with Gasteiger partial charge in [-0.25, -0.2) is 12.7 Å². The van der Waals surface area contributed by atoms with E-state index in [9.17, 15) is 13.5 Å². The minimum absolute atomic E-state index is 0.103. The molecule has 6 heteroatoms. The molecule has 18 heavy (non-hydrogen) atoms. The number of nitrogens with one attached hydrogen (secondary N) is 1. The van der Waals surface area contributed by atoms with Gasteiger partial charge >= 0.3 is 0 Å². The van der Waals surface area contributed by atoms with Crippen LogP contribution in [0.3, 0.4) is 0 Å². The second-order valence-corrected chi connectivity index (χ2v) is 7.56. The molecule has 5 nitrogen and oxygen atoms in total. The molecule has 0 radical (unpaired) electrons. The molecular weight excluding hydrogens is 252 g/mol. The molecule has 0 aromatic rings. The minimum Gasteiger partial charge on any atom is -0.394 e. The van der Waals surface area contributed by atoms with E-state index < -0.39 is 10.0 Å². The SMILES string of the molecule is CCC(C)(CO)NCC1CCCN(S(C)(=O)=O)C1. The van der Waals surface area contributed by atoms with Gasteiger partial charge in [0.05, 0.1) is 12.9 Å². The third-order valence-corrected chi connectivity index (χ3v) is 5.17. The van der Waals surface area contributed by atoms with Crippen LogP contribution in [-0.4, -0.2) is 55.9 Å². The molecule has 0 amide bonds. The number of aliphatic hydroxyl groups is 1. The lowest BCUT2D eigenvalue weighted by molar-refractivity contribution is 0.155. The van der Waals surface area contributed by atoms with Crippen molar-refractivity contribution < 1.29 is 13.5 Å². The van der Waals surface area contributed by atoms with Crippen LogP contribution in [0.15, 0.2) is 0 Å². The second-order valence-electron chi connectivity index (χ2n) is 5.58. The third-order valence-electron chi connectivity index (χ3n) is 3.90. The molecule has 0 bridgehead atoms. The van der Waals surface area contributed by atoms with E-state index in [1.165, 1.54) is 6.26 Å². The monoisotopic (exact) mass is 278 g/mol. The van der Waals surface area contributed by atoms with Crippen molar-refractivity contribution in [1.29, 1.82) is 0 Å². The maximum absolute atomic E-state index is 11.5. The van der Waals surface area contributed by atoms with E-state index in [2.05, 4.69) is 5.32 Å². The fourth-order valence-corrected chi connectivity index (χ4v) is 3.12. The molecule has 1 aliphatic heterocycles. The molecule has 1 rings (SSSR count). The number of aliphatic hydroxyl groups excluding tert-OH is 1. The first-order valence-electron chi connectivity index (χ1n) is 6.62. The van der Waals surface area contributed by atoms with Gasteiger partial charge in [0, 0.05) is 18.6 Å². The van der Waals surface area contributed by atoms with Crippen molar-refractivity contribution in [2.45, 2.75) is 38.6 Å². The molecule has 1 heterocycles. The summed E-state index contributed by atoms with van der Waals surface area (Å²) < 4.78 is 24.6. The van der Waals surface area contributed by atoms with Crippen LogP contribution < -0.4 is 5.32 Å². The number of rotatable bonds is 6. The normalized spacial score (nSPS) is 25.9. The highest BCUT2D eigenvalue weighted by molar-refractivity contribution is 7.88. The van der Waals surface area contributed by atoms with Crippen molar-refractivity contribution in [3.8, 4) is 0 Å². The summed E-state index contributed by atoms with van der Waals surface area (Å²) in [6.45, 7) is 6.12. The Balaban J connectivity index is 2.49. The zero-order chi connectivity index (χ0) is 13.8. The van der Waals surface area contributed by atoms with Gasteiger partial charge in [-0.3, -0.25) is 0 Å². The summed E-state index contributed by atoms with van der Waals surface area (Å²) >= 11 is 0. The van der Waals surface area contributed by atoms with Crippen molar-refractivity contribution in [1.82, 2.24) is 9.62 Å². The van der Waals surface area contributed by atoms with Gasteiger partial charge in [-0.15, -0.1) is 0 Å². The van der Waals surface area contributed by atoms with Gasteiger partial charge in [-0.05, 0) is 38.6 Å². The van der Waals surface area contributed by atoms with Gasteiger partial charge in [-0.2, -0.15) is 0 Å². The van der Waals surface area contributed by atoms with Crippen LogP contribution in [0.2, 0.25) is 0 Å². The van der Waals surface area contributed by atoms with Gasteiger partial charge in [0.15, 0.2) is 0 Å². The number of hydrogen-bond donors (Lipinski definition) is 2. The molecule has 2 unspecified atom stereocenters. The summed E-state index contributed by atoms with van der Waals surface area (Å²) in [5.74, 6) is 0.339. The van der Waals surface area contributed by atoms with Crippen molar-refractivity contribution >= 4 is 10.0 Å². The standard InChI is InChI=1S/C12H26N2O3S/c1-4-12(2,10-15)13-8-11-6-5-7-14(9-11)18(3,16)17/h11,13,15H,4-10H2,1-3H3. The minimum atomic E-state index is -3.07. The maximum Gasteiger partial charge on any atom is 0.211 e. The van der Waals surface area contributed by atoms with E-state index in [1.54, 1.807) is 4.31 Å². The highest BCUT2D eigenvalue weighted by Gasteiger charge is 2.28. The van der Waals surface area contributed by atoms with Gasteiger partial charge in [0.1, 0.15) is 0 Å². The Morgan fingerprint density at radius 3 is 2.67 bits per heavy atom. The highest BCUT2D eigenvalue weighted by Crippen LogP contribution is 2.19. The van der Waals surface area contributed by atoms with Crippen molar-refractivity contribution in [3.63, 3.8) is 0 Å². The lowest BCUT2D eigenvalue weighted by Crippen LogP contribution is -2.50. The zero-order valence-corrected chi connectivity index (χ0v) is 12.5. The lowest BCUT2D eigenvalue weighted by atomic mass is 9.95. The van der Waals surface area contributed by atoms with Crippen molar-refractivity contribution in [2.75, 3.05) is 32.5 Å². The maximum atomic E-state index is 11.5. The quantitative estimate of drug-likeness (QED) is 0.738. The summed E-state index contributed by atoms with van der Waals surface area (Å²) in [6.07, 6.45) is 4.09. The fraction of sp³-hybridized carbons (Fsp3) is 1.00. The molecule has 0 spiro atoms. The molecule has 1 saturated heterocycles. The van der Waals surface area contributed by atoms with Crippen LogP contribution in [0.5, 0.6) is 0 Å². The average molecular weight is 278 g/mol. The first-order valence-corrected chi connectivity index (χ1v) is 8.46. The Labute approximate surface area is 111 Å². The van der Waals surface area contributed by atoms with Gasteiger partial charge in [-0.1, -0.05) is 6.92 Å². The molecule has 1 fully saturated rings. The van der Waals surface area contributed by atoms with E-state index in [0.717, 1.165) is 25.8 Å². The van der Waals surface area contributed by atoms with Crippen LogP contribution >= 0.6 is 0 Å². The lowest BCUT2D eigenvalue weighted by Gasteiger charge is -2.34. The van der Waals surface area contributed by atoms with Crippen LogP contribution in [0.4, 0.5) is 0 Å². The zero-order valence-electron chi connectivity index (χ0n) is 11.6. The molecule has 0 aliphatic carbocycles. The van der Waals surface area contributed by atoms with E-state index >= 15 is 0 Å². The number of sulfonamides is 1. The Morgan fingerprint density at radius 1 is 1.50 bits per heavy atom. The Kier molecular flexibility index (Phi) is 5.58. The summed E-state index contributed by atoms with van der Waals surface area (Å²) in [6, 6.07) is 0. The van der Waals surface area contributed by atoms with Crippen LogP contribution in [0.25, 0.3) is 0 Å².